The number of nitrogens with zero attached hydrogens (tertiary/aromatic N) is 1. The number of nitrogens with one attached hydrogen (secondary N) is 1. The number of carbonyl (C=O) groups excluding carboxylic acids is 1. The number of rotatable bonds is 0. The van der Waals surface area contributed by atoms with Gasteiger partial charge in [0.15, 0.2) is 0 Å². The Bertz CT molecular complexity index is 323. The zero-order valence-corrected chi connectivity index (χ0v) is 10.9. The molecule has 1 amide bonds. The fourth-order valence-corrected chi connectivity index (χ4v) is 2.81. The number of hydrogen-bond acceptors (Lipinski definition) is 3. The van der Waals surface area contributed by atoms with Crippen LogP contribution in [0.5, 0.6) is 0 Å². The molecule has 1 N–H and O–H groups in total. The molecule has 0 aromatic carbocycles. The summed E-state index contributed by atoms with van der Waals surface area (Å²) in [6, 6.07) is 0. The van der Waals surface area contributed by atoms with Crippen LogP contribution in [0.1, 0.15) is 41.0 Å². The molecule has 2 aliphatic rings. The Morgan fingerprint density at radius 1 is 1.38 bits per heavy atom. The van der Waals surface area contributed by atoms with Gasteiger partial charge in [-0.2, -0.15) is 0 Å². The number of likely N-dealkylation sites (tertiary alicyclic amines) is 1. The van der Waals surface area contributed by atoms with Crippen LogP contribution in [0.4, 0.5) is 4.79 Å². The van der Waals surface area contributed by atoms with Crippen LogP contribution in [0.25, 0.3) is 0 Å². The van der Waals surface area contributed by atoms with Gasteiger partial charge in [0.25, 0.3) is 0 Å². The number of amides is 1. The highest BCUT2D eigenvalue weighted by atomic mass is 16.6. The molecule has 2 atom stereocenters. The van der Waals surface area contributed by atoms with Crippen molar-refractivity contribution in [3.8, 4) is 0 Å². The molecular weight excluding hydrogens is 204 g/mol. The van der Waals surface area contributed by atoms with Gasteiger partial charge in [0.1, 0.15) is 5.60 Å². The first-order valence-corrected chi connectivity index (χ1v) is 5.89. The molecule has 0 radical (unpaired) electrons. The third-order valence-electron chi connectivity index (χ3n) is 3.44. The molecule has 92 valence electrons. The number of piperazine rings is 1. The summed E-state index contributed by atoms with van der Waals surface area (Å²) in [5.74, 6) is 0. The Morgan fingerprint density at radius 3 is 2.38 bits per heavy atom. The van der Waals surface area contributed by atoms with Gasteiger partial charge in [-0.05, 0) is 41.0 Å². The lowest BCUT2D eigenvalue weighted by Gasteiger charge is -2.38. The summed E-state index contributed by atoms with van der Waals surface area (Å²) in [6.07, 6.45) is 0.833. The Hall–Kier alpha value is -0.770. The van der Waals surface area contributed by atoms with Gasteiger partial charge < -0.3 is 10.1 Å². The van der Waals surface area contributed by atoms with Crippen molar-refractivity contribution in [1.82, 2.24) is 10.2 Å². The molecule has 2 fully saturated rings. The largest absolute Gasteiger partial charge is 0.444 e. The lowest BCUT2D eigenvalue weighted by atomic mass is 9.97. The molecular formula is C12H22N2O2. The zero-order valence-electron chi connectivity index (χ0n) is 10.9. The molecule has 0 aromatic heterocycles. The third kappa shape index (κ3) is 1.90. The summed E-state index contributed by atoms with van der Waals surface area (Å²) < 4.78 is 5.44. The zero-order chi connectivity index (χ0) is 12.2. The maximum Gasteiger partial charge on any atom is 0.410 e. The quantitative estimate of drug-likeness (QED) is 0.684. The van der Waals surface area contributed by atoms with E-state index < -0.39 is 5.60 Å². The minimum atomic E-state index is -0.413. The second-order valence-electron chi connectivity index (χ2n) is 6.65. The Kier molecular flexibility index (Phi) is 2.29. The van der Waals surface area contributed by atoms with Crippen molar-refractivity contribution in [2.75, 3.05) is 13.1 Å². The van der Waals surface area contributed by atoms with Crippen LogP contribution in [0.2, 0.25) is 0 Å². The van der Waals surface area contributed by atoms with E-state index in [9.17, 15) is 4.79 Å². The van der Waals surface area contributed by atoms with Gasteiger partial charge in [0.2, 0.25) is 0 Å². The van der Waals surface area contributed by atoms with Crippen molar-refractivity contribution in [1.29, 1.82) is 0 Å². The van der Waals surface area contributed by atoms with Gasteiger partial charge in [0, 0.05) is 18.6 Å². The average Bonchev–Trinajstić information content (AvgIpc) is 2.50. The second-order valence-corrected chi connectivity index (χ2v) is 6.65. The lowest BCUT2D eigenvalue weighted by molar-refractivity contribution is 0.00678. The van der Waals surface area contributed by atoms with Crippen molar-refractivity contribution < 1.29 is 9.53 Å². The van der Waals surface area contributed by atoms with E-state index in [0.29, 0.717) is 0 Å². The molecule has 4 nitrogen and oxygen atoms in total. The van der Waals surface area contributed by atoms with Crippen LogP contribution in [0.3, 0.4) is 0 Å². The summed E-state index contributed by atoms with van der Waals surface area (Å²) in [5.41, 5.74) is -0.410. The third-order valence-corrected chi connectivity index (χ3v) is 3.44. The molecule has 2 saturated heterocycles. The summed E-state index contributed by atoms with van der Waals surface area (Å²) in [6.45, 7) is 11.6. The first-order valence-electron chi connectivity index (χ1n) is 5.89. The highest BCUT2D eigenvalue weighted by Gasteiger charge is 2.56. The van der Waals surface area contributed by atoms with Crippen LogP contribution in [-0.4, -0.2) is 40.8 Å². The van der Waals surface area contributed by atoms with E-state index in [0.717, 1.165) is 19.5 Å². The molecule has 4 heteroatoms. The Morgan fingerprint density at radius 2 is 2.00 bits per heavy atom. The SMILES string of the molecule is CC12CN(C(=O)OC(C)(C)C)C(C)(CN1)C2. The molecule has 2 rings (SSSR count). The van der Waals surface area contributed by atoms with Gasteiger partial charge in [-0.15, -0.1) is 0 Å². The molecule has 0 spiro atoms. The summed E-state index contributed by atoms with van der Waals surface area (Å²) in [4.78, 5) is 14.0. The standard InChI is InChI=1S/C12H22N2O2/c1-10(2,3)16-9(15)14-8-11(4)6-12(14,5)7-13-11/h13H,6-8H2,1-5H3. The van der Waals surface area contributed by atoms with E-state index in [4.69, 9.17) is 4.74 Å². The van der Waals surface area contributed by atoms with E-state index in [1.54, 1.807) is 0 Å². The van der Waals surface area contributed by atoms with Gasteiger partial charge in [-0.25, -0.2) is 4.79 Å². The van der Waals surface area contributed by atoms with Crippen LogP contribution in [0, 0.1) is 0 Å². The lowest BCUT2D eigenvalue weighted by Crippen LogP contribution is -2.57. The highest BCUT2D eigenvalue weighted by Crippen LogP contribution is 2.41. The van der Waals surface area contributed by atoms with Crippen LogP contribution < -0.4 is 5.32 Å². The highest BCUT2D eigenvalue weighted by molar-refractivity contribution is 5.70. The number of fused-ring (bicyclic) bond motifs is 2. The molecule has 2 aliphatic heterocycles. The van der Waals surface area contributed by atoms with Crippen LogP contribution >= 0.6 is 0 Å². The van der Waals surface area contributed by atoms with Crippen molar-refractivity contribution >= 4 is 6.09 Å². The number of hydrogen-bond donors (Lipinski definition) is 1. The van der Waals surface area contributed by atoms with Gasteiger partial charge in [0.05, 0.1) is 5.54 Å². The Labute approximate surface area is 97.3 Å². The molecule has 2 bridgehead atoms. The monoisotopic (exact) mass is 226 g/mol. The topological polar surface area (TPSA) is 41.6 Å². The summed E-state index contributed by atoms with van der Waals surface area (Å²) in [7, 11) is 0. The fraction of sp³-hybridized carbons (Fsp3) is 0.917. The van der Waals surface area contributed by atoms with Crippen molar-refractivity contribution in [2.24, 2.45) is 0 Å². The van der Waals surface area contributed by atoms with E-state index in [-0.39, 0.29) is 17.2 Å². The second kappa shape index (κ2) is 3.13. The van der Waals surface area contributed by atoms with Crippen LogP contribution in [0.15, 0.2) is 0 Å². The predicted octanol–water partition coefficient (Wildman–Crippen LogP) is 1.75. The molecule has 0 aliphatic carbocycles. The predicted molar refractivity (Wildman–Crippen MR) is 62.4 cm³/mol. The van der Waals surface area contributed by atoms with E-state index in [1.807, 2.05) is 25.7 Å². The van der Waals surface area contributed by atoms with Gasteiger partial charge >= 0.3 is 6.09 Å². The van der Waals surface area contributed by atoms with Crippen molar-refractivity contribution in [2.45, 2.75) is 57.7 Å². The minimum Gasteiger partial charge on any atom is -0.444 e. The maximum absolute atomic E-state index is 12.1. The summed E-state index contributed by atoms with van der Waals surface area (Å²) >= 11 is 0. The normalized spacial score (nSPS) is 37.9. The smallest absolute Gasteiger partial charge is 0.410 e. The maximum atomic E-state index is 12.1. The van der Waals surface area contributed by atoms with Crippen molar-refractivity contribution in [3.05, 3.63) is 0 Å². The van der Waals surface area contributed by atoms with Gasteiger partial charge in [-0.3, -0.25) is 4.90 Å². The van der Waals surface area contributed by atoms with E-state index in [2.05, 4.69) is 19.2 Å². The minimum absolute atomic E-state index is 0.0723. The molecule has 16 heavy (non-hydrogen) atoms. The van der Waals surface area contributed by atoms with Crippen molar-refractivity contribution in [3.63, 3.8) is 0 Å². The first kappa shape index (κ1) is 11.7. The van der Waals surface area contributed by atoms with Gasteiger partial charge in [-0.1, -0.05) is 0 Å². The number of ether oxygens (including phenoxy) is 1. The molecule has 2 heterocycles. The fourth-order valence-electron chi connectivity index (χ4n) is 2.81. The first-order chi connectivity index (χ1) is 7.14. The number of carbonyl (C=O) groups is 1. The summed E-state index contributed by atoms with van der Waals surface area (Å²) in [5, 5.41) is 3.47. The average molecular weight is 226 g/mol. The Balaban J connectivity index is 2.10. The van der Waals surface area contributed by atoms with E-state index >= 15 is 0 Å². The molecule has 0 saturated carbocycles. The molecule has 0 aromatic rings. The molecule has 2 unspecified atom stereocenters. The van der Waals surface area contributed by atoms with Crippen LogP contribution in [-0.2, 0) is 4.74 Å². The van der Waals surface area contributed by atoms with E-state index in [1.165, 1.54) is 0 Å².